The largest absolute Gasteiger partial charge is 0.481 e. The smallest absolute Gasteiger partial charge is 0.416 e. The monoisotopic (exact) mass is 697 g/mol. The first kappa shape index (κ1) is 34.0. The third-order valence-electron chi connectivity index (χ3n) is 8.82. The molecular weight excluding hydrogens is 661 g/mol. The summed E-state index contributed by atoms with van der Waals surface area (Å²) in [4.78, 5) is 31.2. The van der Waals surface area contributed by atoms with Crippen molar-refractivity contribution in [2.24, 2.45) is 0 Å². The van der Waals surface area contributed by atoms with E-state index in [0.29, 0.717) is 47.0 Å². The van der Waals surface area contributed by atoms with Crippen molar-refractivity contribution in [1.29, 1.82) is 0 Å². The lowest BCUT2D eigenvalue weighted by atomic mass is 9.94. The molecule has 3 unspecified atom stereocenters. The highest BCUT2D eigenvalue weighted by molar-refractivity contribution is 7.15. The van der Waals surface area contributed by atoms with Gasteiger partial charge in [0.1, 0.15) is 24.3 Å². The van der Waals surface area contributed by atoms with Gasteiger partial charge in [-0.1, -0.05) is 11.3 Å². The molecule has 1 amide bonds. The average Bonchev–Trinajstić information content (AvgIpc) is 3.71. The fraction of sp³-hybridized carbons (Fsp3) is 0.548. The van der Waals surface area contributed by atoms with Gasteiger partial charge in [0.2, 0.25) is 0 Å². The maximum atomic E-state index is 14.9. The summed E-state index contributed by atoms with van der Waals surface area (Å²) < 4.78 is 85.7. The number of amides is 1. The molecule has 11 nitrogen and oxygen atoms in total. The topological polar surface area (TPSA) is 119 Å². The minimum Gasteiger partial charge on any atom is -0.481 e. The van der Waals surface area contributed by atoms with Crippen LogP contribution in [-0.2, 0) is 30.5 Å². The first-order valence-corrected chi connectivity index (χ1v) is 16.3. The Bertz CT molecular complexity index is 1660. The highest BCUT2D eigenvalue weighted by Crippen LogP contribution is 2.43. The summed E-state index contributed by atoms with van der Waals surface area (Å²) in [5, 5.41) is 0.802. The van der Waals surface area contributed by atoms with Crippen molar-refractivity contribution < 1.29 is 41.0 Å². The number of benzene rings is 1. The number of ether oxygens (including phenoxy) is 3. The summed E-state index contributed by atoms with van der Waals surface area (Å²) in [5.41, 5.74) is 4.78. The Balaban J connectivity index is 0.000000381. The van der Waals surface area contributed by atoms with Gasteiger partial charge in [-0.3, -0.25) is 9.69 Å². The molecule has 3 atom stereocenters. The summed E-state index contributed by atoms with van der Waals surface area (Å²) in [6.45, 7) is 2.56. The molecule has 6 heterocycles. The Morgan fingerprint density at radius 2 is 1.96 bits per heavy atom. The van der Waals surface area contributed by atoms with E-state index in [4.69, 9.17) is 19.9 Å². The summed E-state index contributed by atoms with van der Waals surface area (Å²) >= 11 is 1.15. The second-order valence-corrected chi connectivity index (χ2v) is 13.2. The van der Waals surface area contributed by atoms with E-state index < -0.39 is 41.1 Å². The number of aromatic nitrogens is 3. The van der Waals surface area contributed by atoms with Crippen LogP contribution in [0.2, 0.25) is 0 Å². The van der Waals surface area contributed by atoms with E-state index in [9.17, 15) is 26.7 Å². The van der Waals surface area contributed by atoms with Crippen LogP contribution in [0.3, 0.4) is 0 Å². The maximum absolute atomic E-state index is 14.9. The number of rotatable bonds is 4. The Kier molecular flexibility index (Phi) is 9.64. The number of nitrogens with two attached hydrogens (primary N) is 1. The second-order valence-electron chi connectivity index (χ2n) is 12.2. The number of carbonyl (C=O) groups excluding carboxylic acids is 1. The number of carbonyl (C=O) groups is 1. The van der Waals surface area contributed by atoms with Crippen molar-refractivity contribution in [3.8, 4) is 11.1 Å². The van der Waals surface area contributed by atoms with E-state index in [1.807, 2.05) is 4.90 Å². The van der Waals surface area contributed by atoms with E-state index in [1.165, 1.54) is 24.9 Å². The molecule has 1 aromatic carbocycles. The van der Waals surface area contributed by atoms with Crippen LogP contribution in [0.4, 0.5) is 33.5 Å². The zero-order chi connectivity index (χ0) is 34.3. The maximum Gasteiger partial charge on any atom is 0.416 e. The molecule has 0 saturated carbocycles. The Labute approximate surface area is 277 Å². The van der Waals surface area contributed by atoms with E-state index in [-0.39, 0.29) is 43.1 Å². The standard InChI is InChI=1S/C24H24F4N6O4S.C7H12FN/c1-33(2)21(35)20-30-15-9-34(6-7-37-22(15)39-20)19-11-10-38-16(8-14(11)31-23(32-19)36-3)17-12(24(26,27)28)4-5-13(29)18(17)25;8-6-4-7-2-1-3-9(7)5-6/h4-5,16H,6-10,29H2,1-3H3;6-7H,1-5H2. The van der Waals surface area contributed by atoms with Gasteiger partial charge in [0.15, 0.2) is 15.9 Å². The molecule has 7 rings (SSSR count). The molecular formula is C31H36F5N7O4S. The zero-order valence-electron chi connectivity index (χ0n) is 26.6. The summed E-state index contributed by atoms with van der Waals surface area (Å²) in [7, 11) is 4.62. The van der Waals surface area contributed by atoms with E-state index in [2.05, 4.69) is 19.9 Å². The van der Waals surface area contributed by atoms with Gasteiger partial charge >= 0.3 is 12.2 Å². The quantitative estimate of drug-likeness (QED) is 0.301. The number of alkyl halides is 4. The number of nitrogen functional groups attached to an aromatic ring is 1. The molecule has 0 bridgehead atoms. The predicted molar refractivity (Wildman–Crippen MR) is 166 cm³/mol. The molecule has 2 saturated heterocycles. The van der Waals surface area contributed by atoms with Crippen LogP contribution in [0, 0.1) is 5.82 Å². The SMILES string of the molecule is COc1nc2c(c(N3CCOc4sc(C(=O)N(C)C)nc4C3)n1)COC(c1c(C(F)(F)F)ccc(N)c1F)C2.FC1CC2CCCN2C1. The van der Waals surface area contributed by atoms with E-state index >= 15 is 0 Å². The Hall–Kier alpha value is -3.83. The fourth-order valence-corrected chi connectivity index (χ4v) is 7.46. The predicted octanol–water partition coefficient (Wildman–Crippen LogP) is 4.79. The van der Waals surface area contributed by atoms with Gasteiger partial charge in [0.25, 0.3) is 5.91 Å². The lowest BCUT2D eigenvalue weighted by molar-refractivity contribution is -0.140. The molecule has 0 spiro atoms. The molecule has 0 radical (unpaired) electrons. The lowest BCUT2D eigenvalue weighted by Crippen LogP contribution is -2.31. The minimum absolute atomic E-state index is 0.0133. The summed E-state index contributed by atoms with van der Waals surface area (Å²) in [6, 6.07) is 2.23. The van der Waals surface area contributed by atoms with Crippen molar-refractivity contribution in [3.05, 3.63) is 51.0 Å². The fourth-order valence-electron chi connectivity index (χ4n) is 6.49. The van der Waals surface area contributed by atoms with Crippen LogP contribution in [0.25, 0.3) is 0 Å². The van der Waals surface area contributed by atoms with E-state index in [0.717, 1.165) is 36.4 Å². The van der Waals surface area contributed by atoms with Crippen LogP contribution in [0.5, 0.6) is 11.1 Å². The number of methoxy groups -OCH3 is 1. The number of hydrogen-bond acceptors (Lipinski definition) is 11. The van der Waals surface area contributed by atoms with Crippen molar-refractivity contribution in [3.63, 3.8) is 0 Å². The van der Waals surface area contributed by atoms with E-state index in [1.54, 1.807) is 14.1 Å². The normalized spacial score (nSPS) is 22.1. The summed E-state index contributed by atoms with van der Waals surface area (Å²) in [6.07, 6.45) is -3.46. The number of thiazole rings is 1. The number of hydrogen-bond donors (Lipinski definition) is 1. The Morgan fingerprint density at radius 1 is 1.17 bits per heavy atom. The highest BCUT2D eigenvalue weighted by Gasteiger charge is 2.40. The molecule has 4 aliphatic heterocycles. The molecule has 48 heavy (non-hydrogen) atoms. The molecule has 2 aromatic heterocycles. The number of anilines is 2. The van der Waals surface area contributed by atoms with Gasteiger partial charge in [-0.05, 0) is 37.9 Å². The third kappa shape index (κ3) is 6.85. The lowest BCUT2D eigenvalue weighted by Gasteiger charge is -2.31. The molecule has 2 fully saturated rings. The van der Waals surface area contributed by atoms with Gasteiger partial charge in [-0.2, -0.15) is 23.1 Å². The molecule has 260 valence electrons. The van der Waals surface area contributed by atoms with Gasteiger partial charge in [-0.15, -0.1) is 0 Å². The van der Waals surface area contributed by atoms with Crippen molar-refractivity contribution >= 4 is 28.7 Å². The van der Waals surface area contributed by atoms with Gasteiger partial charge in [-0.25, -0.2) is 13.8 Å². The first-order valence-electron chi connectivity index (χ1n) is 15.5. The first-order chi connectivity index (χ1) is 22.8. The van der Waals surface area contributed by atoms with Crippen LogP contribution >= 0.6 is 11.3 Å². The van der Waals surface area contributed by atoms with Crippen LogP contribution in [0.15, 0.2) is 12.1 Å². The van der Waals surface area contributed by atoms with Crippen molar-refractivity contribution in [2.75, 3.05) is 58.1 Å². The number of nitrogens with zero attached hydrogens (tertiary/aromatic N) is 6. The molecule has 3 aromatic rings. The van der Waals surface area contributed by atoms with Crippen LogP contribution in [0.1, 0.15) is 63.2 Å². The summed E-state index contributed by atoms with van der Waals surface area (Å²) in [5.74, 6) is -1.01. The van der Waals surface area contributed by atoms with Crippen LogP contribution < -0.4 is 20.1 Å². The van der Waals surface area contributed by atoms with Gasteiger partial charge in [0, 0.05) is 44.2 Å². The number of fused-ring (bicyclic) bond motifs is 3. The van der Waals surface area contributed by atoms with Crippen molar-refractivity contribution in [2.45, 2.75) is 63.3 Å². The molecule has 0 aliphatic carbocycles. The molecule has 17 heteroatoms. The minimum atomic E-state index is -4.81. The zero-order valence-corrected chi connectivity index (χ0v) is 27.5. The second kappa shape index (κ2) is 13.6. The van der Waals surface area contributed by atoms with Gasteiger partial charge in [0.05, 0.1) is 49.9 Å². The highest BCUT2D eigenvalue weighted by atomic mass is 32.1. The van der Waals surface area contributed by atoms with Gasteiger partial charge < -0.3 is 29.7 Å². The van der Waals surface area contributed by atoms with Crippen LogP contribution in [-0.4, -0.2) is 90.3 Å². The Morgan fingerprint density at radius 3 is 2.67 bits per heavy atom. The third-order valence-corrected chi connectivity index (χ3v) is 9.82. The van der Waals surface area contributed by atoms with Crippen molar-refractivity contribution in [1.82, 2.24) is 24.8 Å². The molecule has 2 N–H and O–H groups in total. The molecule has 4 aliphatic rings. The number of halogens is 5. The average molecular weight is 698 g/mol.